The first kappa shape index (κ1) is 104. The predicted octanol–water partition coefficient (Wildman–Crippen LogP) is 2.90. The van der Waals surface area contributed by atoms with E-state index in [1.54, 1.807) is 0 Å². The van der Waals surface area contributed by atoms with Crippen molar-refractivity contribution in [3.63, 3.8) is 0 Å². The molecule has 39 heteroatoms. The second-order valence-electron chi connectivity index (χ2n) is 24.3. The first-order chi connectivity index (χ1) is 50.6. The molecule has 0 aromatic carbocycles. The zero-order valence-electron chi connectivity index (χ0n) is 61.6. The van der Waals surface area contributed by atoms with Gasteiger partial charge in [0, 0.05) is 45.5 Å². The third kappa shape index (κ3) is 66.8. The van der Waals surface area contributed by atoms with Crippen LogP contribution in [-0.2, 0) is 134 Å². The Kier molecular flexibility index (Phi) is 65.1. The Hall–Kier alpha value is -7.15. The second-order valence-corrected chi connectivity index (χ2v) is 25.2. The summed E-state index contributed by atoms with van der Waals surface area (Å²) in [5.74, 6) is -11.0. The van der Waals surface area contributed by atoms with Crippen molar-refractivity contribution in [3.05, 3.63) is 0 Å². The molecule has 0 spiro atoms. The van der Waals surface area contributed by atoms with Crippen molar-refractivity contribution in [3.8, 4) is 0 Å². The van der Waals surface area contributed by atoms with Gasteiger partial charge in [-0.25, -0.2) is 38.4 Å². The third-order valence-corrected chi connectivity index (χ3v) is 14.9. The maximum absolute atomic E-state index is 12.4. The predicted molar refractivity (Wildman–Crippen MR) is 365 cm³/mol. The normalized spacial score (nSPS) is 16.2. The zero-order valence-corrected chi connectivity index (χ0v) is 62.4. The molecule has 10 N–H and O–H groups in total. The van der Waals surface area contributed by atoms with Gasteiger partial charge >= 0.3 is 94.0 Å². The fourth-order valence-electron chi connectivity index (χ4n) is 9.54. The number of aliphatic carboxylic acids is 2. The van der Waals surface area contributed by atoms with Crippen molar-refractivity contribution >= 4 is 94.0 Å². The molecular formula is C68H114O38S. The number of unbranched alkanes of at least 4 members (excludes halogenated alkanes) is 8. The van der Waals surface area contributed by atoms with Crippen LogP contribution in [0.2, 0.25) is 0 Å². The van der Waals surface area contributed by atoms with Crippen molar-refractivity contribution < 1.29 is 182 Å². The van der Waals surface area contributed by atoms with Gasteiger partial charge in [0.1, 0.15) is 44.7 Å². The largest absolute Gasteiger partial charge is 0.480 e. The van der Waals surface area contributed by atoms with Gasteiger partial charge in [-0.15, -0.1) is 0 Å². The van der Waals surface area contributed by atoms with Crippen LogP contribution in [0.4, 0.5) is 0 Å². The average molecular weight is 1570 g/mol. The summed E-state index contributed by atoms with van der Waals surface area (Å²) in [5, 5.41) is 69.2. The number of carbonyl (C=O) groups is 14. The van der Waals surface area contributed by atoms with E-state index in [0.717, 1.165) is 51.4 Å². The summed E-state index contributed by atoms with van der Waals surface area (Å²) >= 11 is 0. The number of carboxylic acid groups (broad SMARTS) is 2. The molecule has 0 aliphatic heterocycles. The van der Waals surface area contributed by atoms with Crippen molar-refractivity contribution in [1.29, 1.82) is 0 Å². The molecule has 2 saturated carbocycles. The van der Waals surface area contributed by atoms with Crippen LogP contribution in [0.25, 0.3) is 0 Å². The monoisotopic (exact) mass is 1570 g/mol. The number of carboxylic acids is 2. The van der Waals surface area contributed by atoms with Gasteiger partial charge in [0.05, 0.1) is 58.1 Å². The molecule has 0 radical (unpaired) electrons. The Morgan fingerprint density at radius 2 is 0.654 bits per heavy atom. The van der Waals surface area contributed by atoms with E-state index in [-0.39, 0.29) is 115 Å². The highest BCUT2D eigenvalue weighted by molar-refractivity contribution is 7.79. The minimum atomic E-state index is -4.67. The number of rotatable bonds is 50. The standard InChI is InChI=1S/C34H54O16.C19H32O7.C9H16O5.C6H10O6.H2O4S/c1-24(36)32(41)50-34(43)27-14-8-7-12-26(27)13-11-19-46-28(37)15-6-4-10-18-47-30(39)22-44-20-21-45-23-31(40)48-25(2)33(42)49-29(38)16-5-3-9-17-35;1-14(21)18(23)26-19(24)16-10-5-4-8-15(16)9-7-13-25-17(22)11-3-2-6-12-20;1-7(11)9(13)14-8(12)5-3-2-4-6-10;7-5(8)3-11-1-2-12-4-6(9)10;1-5(2,3)4/h24-27,35-36H,3-23H2,1-2H3;14-16,20-21H,2-13H2,1H3;7,10-11H,2-6H2,1H3;1-4H2,(H,7,8)(H,9,10);(H2,1,2,3,4). The van der Waals surface area contributed by atoms with Gasteiger partial charge in [-0.3, -0.25) is 37.9 Å². The molecule has 2 aliphatic rings. The Labute approximate surface area is 622 Å². The quantitative estimate of drug-likeness (QED) is 0.0138. The molecule has 0 bridgehead atoms. The van der Waals surface area contributed by atoms with Gasteiger partial charge in [-0.2, -0.15) is 8.42 Å². The highest BCUT2D eigenvalue weighted by Gasteiger charge is 2.35. The summed E-state index contributed by atoms with van der Waals surface area (Å²) in [6.45, 7) is 4.51. The Morgan fingerprint density at radius 3 is 1.01 bits per heavy atom. The lowest BCUT2D eigenvalue weighted by Crippen LogP contribution is -2.33. The number of hydrogen-bond acceptors (Lipinski definition) is 34. The van der Waals surface area contributed by atoms with Gasteiger partial charge in [0.25, 0.3) is 0 Å². The molecule has 38 nitrogen and oxygen atoms in total. The Bertz CT molecular complexity index is 2640. The van der Waals surface area contributed by atoms with Crippen LogP contribution in [-0.4, -0.2) is 259 Å². The second kappa shape index (κ2) is 67.0. The molecule has 0 aromatic rings. The summed E-state index contributed by atoms with van der Waals surface area (Å²) in [6, 6.07) is 0. The lowest BCUT2D eigenvalue weighted by Gasteiger charge is -2.29. The van der Waals surface area contributed by atoms with Crippen molar-refractivity contribution in [2.24, 2.45) is 23.7 Å². The van der Waals surface area contributed by atoms with Crippen LogP contribution < -0.4 is 0 Å². The van der Waals surface area contributed by atoms with Crippen LogP contribution >= 0.6 is 0 Å². The maximum atomic E-state index is 12.4. The first-order valence-electron chi connectivity index (χ1n) is 35.6. The molecule has 8 atom stereocenters. The number of hydrogen-bond donors (Lipinski definition) is 10. The SMILES string of the molecule is CC(O)C(=O)OC(=O)C1CCCCC1CCCOC(=O)CCCCCO.CC(O)C(=O)OC(=O)C1CCCCC1CCCOC(=O)CCCCCOC(=O)COCCOCC(=O)OC(C)C(=O)OC(=O)CCCCCO.CC(O)C(=O)OC(=O)CCCCCO.O=C(O)COCCOCC(=O)O.O=S(=O)(O)O. The van der Waals surface area contributed by atoms with E-state index >= 15 is 0 Å². The molecular weight excluding hydrogens is 1460 g/mol. The summed E-state index contributed by atoms with van der Waals surface area (Å²) in [6.07, 6.45) is 12.5. The smallest absolute Gasteiger partial charge is 0.394 e. The van der Waals surface area contributed by atoms with Crippen LogP contribution in [0.3, 0.4) is 0 Å². The number of carbonyl (C=O) groups excluding carboxylic acids is 12. The van der Waals surface area contributed by atoms with E-state index in [4.69, 9.17) is 91.2 Å². The molecule has 2 fully saturated rings. The van der Waals surface area contributed by atoms with Gasteiger partial charge in [-0.05, 0) is 149 Å². The van der Waals surface area contributed by atoms with Gasteiger partial charge < -0.3 is 97.7 Å². The summed E-state index contributed by atoms with van der Waals surface area (Å²) in [7, 11) is -4.67. The summed E-state index contributed by atoms with van der Waals surface area (Å²) in [4.78, 5) is 160. The van der Waals surface area contributed by atoms with Gasteiger partial charge in [0.2, 0.25) is 0 Å². The molecule has 107 heavy (non-hydrogen) atoms. The number of esters is 12. The van der Waals surface area contributed by atoms with Crippen molar-refractivity contribution in [2.75, 3.05) is 92.5 Å². The van der Waals surface area contributed by atoms with E-state index in [9.17, 15) is 72.2 Å². The zero-order chi connectivity index (χ0) is 81.4. The fraction of sp³-hybridized carbons (Fsp3) is 0.794. The van der Waals surface area contributed by atoms with E-state index in [2.05, 4.69) is 18.9 Å². The minimum absolute atomic E-state index is 0.00831. The van der Waals surface area contributed by atoms with E-state index in [1.165, 1.54) is 27.7 Å². The number of ether oxygens (including phenoxy) is 12. The van der Waals surface area contributed by atoms with Gasteiger partial charge in [-0.1, -0.05) is 44.9 Å². The van der Waals surface area contributed by atoms with Crippen LogP contribution in [0.1, 0.15) is 207 Å². The minimum Gasteiger partial charge on any atom is -0.480 e. The number of aliphatic hydroxyl groups is 6. The molecule has 2 aliphatic carbocycles. The first-order valence-corrected chi connectivity index (χ1v) is 37.0. The van der Waals surface area contributed by atoms with Crippen molar-refractivity contribution in [1.82, 2.24) is 0 Å². The van der Waals surface area contributed by atoms with E-state index in [0.29, 0.717) is 116 Å². The summed E-state index contributed by atoms with van der Waals surface area (Å²) < 4.78 is 89.8. The van der Waals surface area contributed by atoms with Crippen LogP contribution in [0.5, 0.6) is 0 Å². The topological polar surface area (TPSA) is 586 Å². The molecule has 0 aromatic heterocycles. The van der Waals surface area contributed by atoms with E-state index < -0.39 is 132 Å². The lowest BCUT2D eigenvalue weighted by atomic mass is 9.77. The third-order valence-electron chi connectivity index (χ3n) is 14.9. The Balaban J connectivity index is -0.00000155. The lowest BCUT2D eigenvalue weighted by molar-refractivity contribution is -0.175. The highest BCUT2D eigenvalue weighted by atomic mass is 32.3. The molecule has 2 rings (SSSR count). The number of aliphatic hydroxyl groups excluding tert-OH is 6. The molecule has 0 heterocycles. The van der Waals surface area contributed by atoms with Crippen LogP contribution in [0, 0.1) is 23.7 Å². The molecule has 620 valence electrons. The molecule has 0 amide bonds. The summed E-state index contributed by atoms with van der Waals surface area (Å²) in [5.41, 5.74) is 0. The highest BCUT2D eigenvalue weighted by Crippen LogP contribution is 2.35. The van der Waals surface area contributed by atoms with Crippen LogP contribution in [0.15, 0.2) is 0 Å². The van der Waals surface area contributed by atoms with E-state index in [1.807, 2.05) is 0 Å². The maximum Gasteiger partial charge on any atom is 0.394 e. The molecule has 8 unspecified atom stereocenters. The Morgan fingerprint density at radius 1 is 0.355 bits per heavy atom. The fourth-order valence-corrected chi connectivity index (χ4v) is 9.54. The van der Waals surface area contributed by atoms with Gasteiger partial charge in [0.15, 0.2) is 6.10 Å². The van der Waals surface area contributed by atoms with Crippen molar-refractivity contribution in [2.45, 2.75) is 232 Å². The molecule has 0 saturated heterocycles. The average Bonchev–Trinajstić information content (AvgIpc) is 0.863.